The lowest BCUT2D eigenvalue weighted by Crippen LogP contribution is -2.06. The van der Waals surface area contributed by atoms with Crippen LogP contribution in [0.25, 0.3) is 17.0 Å². The van der Waals surface area contributed by atoms with Crippen molar-refractivity contribution >= 4 is 23.0 Å². The molecule has 6 heteroatoms. The standard InChI is InChI=1S/C22H20O6/c1-13-4-7-17-16(11-21(25)28-22(17)14(13)2)12-27-20(24)9-6-15-5-8-18(23)19(10-15)26-3/h4-11,23H,12H2,1-3H3/b9-6-. The van der Waals surface area contributed by atoms with Crippen molar-refractivity contribution in [2.24, 2.45) is 0 Å². The molecule has 1 heterocycles. The maximum Gasteiger partial charge on any atom is 0.336 e. The summed E-state index contributed by atoms with van der Waals surface area (Å²) in [4.78, 5) is 23.9. The van der Waals surface area contributed by atoms with E-state index in [0.717, 1.165) is 16.5 Å². The van der Waals surface area contributed by atoms with E-state index in [2.05, 4.69) is 0 Å². The lowest BCUT2D eigenvalue weighted by atomic mass is 10.0. The van der Waals surface area contributed by atoms with Crippen molar-refractivity contribution in [3.05, 3.63) is 75.1 Å². The Kier molecular flexibility index (Phi) is 5.49. The molecular weight excluding hydrogens is 360 g/mol. The second-order valence-corrected chi connectivity index (χ2v) is 6.35. The fourth-order valence-corrected chi connectivity index (χ4v) is 2.80. The summed E-state index contributed by atoms with van der Waals surface area (Å²) in [6.07, 6.45) is 2.82. The van der Waals surface area contributed by atoms with Gasteiger partial charge in [0.2, 0.25) is 0 Å². The lowest BCUT2D eigenvalue weighted by Gasteiger charge is -2.09. The minimum atomic E-state index is -0.558. The first-order valence-electron chi connectivity index (χ1n) is 8.64. The maximum absolute atomic E-state index is 12.1. The van der Waals surface area contributed by atoms with Crippen LogP contribution in [0, 0.1) is 13.8 Å². The molecule has 6 nitrogen and oxygen atoms in total. The Bertz CT molecular complexity index is 1120. The van der Waals surface area contributed by atoms with E-state index in [1.807, 2.05) is 26.0 Å². The number of fused-ring (bicyclic) bond motifs is 1. The van der Waals surface area contributed by atoms with Crippen molar-refractivity contribution in [2.75, 3.05) is 7.11 Å². The van der Waals surface area contributed by atoms with E-state index in [9.17, 15) is 14.7 Å². The van der Waals surface area contributed by atoms with Crippen LogP contribution in [0.4, 0.5) is 0 Å². The van der Waals surface area contributed by atoms with Crippen molar-refractivity contribution < 1.29 is 23.8 Å². The molecule has 0 atom stereocenters. The number of aromatic hydroxyl groups is 1. The van der Waals surface area contributed by atoms with Gasteiger partial charge in [0.25, 0.3) is 0 Å². The number of methoxy groups -OCH3 is 1. The van der Waals surface area contributed by atoms with Gasteiger partial charge in [-0.05, 0) is 48.7 Å². The number of phenols is 1. The molecule has 28 heavy (non-hydrogen) atoms. The largest absolute Gasteiger partial charge is 0.504 e. The smallest absolute Gasteiger partial charge is 0.336 e. The molecule has 0 fully saturated rings. The zero-order valence-corrected chi connectivity index (χ0v) is 15.8. The predicted octanol–water partition coefficient (Wildman–Crippen LogP) is 3.88. The number of phenolic OH excluding ortho intramolecular Hbond substituents is 1. The normalized spacial score (nSPS) is 11.1. The zero-order chi connectivity index (χ0) is 20.3. The molecule has 0 spiro atoms. The van der Waals surface area contributed by atoms with Crippen LogP contribution >= 0.6 is 0 Å². The number of aryl methyl sites for hydroxylation is 2. The van der Waals surface area contributed by atoms with Crippen molar-refractivity contribution in [1.82, 2.24) is 0 Å². The molecule has 0 radical (unpaired) electrons. The fourth-order valence-electron chi connectivity index (χ4n) is 2.80. The Morgan fingerprint density at radius 3 is 2.71 bits per heavy atom. The quantitative estimate of drug-likeness (QED) is 0.411. The van der Waals surface area contributed by atoms with E-state index in [-0.39, 0.29) is 12.4 Å². The summed E-state index contributed by atoms with van der Waals surface area (Å²) in [5.41, 5.74) is 3.16. The van der Waals surface area contributed by atoms with E-state index in [1.54, 1.807) is 18.2 Å². The molecule has 2 aromatic carbocycles. The molecule has 0 aliphatic heterocycles. The van der Waals surface area contributed by atoms with Crippen LogP contribution in [-0.2, 0) is 16.1 Å². The summed E-state index contributed by atoms with van der Waals surface area (Å²) in [5, 5.41) is 10.3. The molecule has 0 aliphatic carbocycles. The topological polar surface area (TPSA) is 86.0 Å². The maximum atomic E-state index is 12.1. The SMILES string of the molecule is COc1cc(/C=C\C(=O)OCc2cc(=O)oc3c(C)c(C)ccc23)ccc1O. The van der Waals surface area contributed by atoms with Crippen LogP contribution in [0.15, 0.2) is 51.7 Å². The summed E-state index contributed by atoms with van der Waals surface area (Å²) >= 11 is 0. The fraction of sp³-hybridized carbons (Fsp3) is 0.182. The number of rotatable bonds is 5. The van der Waals surface area contributed by atoms with Gasteiger partial charge in [0.15, 0.2) is 11.5 Å². The number of hydrogen-bond donors (Lipinski definition) is 1. The first-order chi connectivity index (χ1) is 13.4. The van der Waals surface area contributed by atoms with E-state index in [1.165, 1.54) is 25.3 Å². The van der Waals surface area contributed by atoms with Crippen LogP contribution in [0.1, 0.15) is 22.3 Å². The Hall–Kier alpha value is -3.54. The highest BCUT2D eigenvalue weighted by atomic mass is 16.5. The minimum absolute atomic E-state index is 0.0162. The molecule has 0 saturated carbocycles. The molecule has 1 N–H and O–H groups in total. The first-order valence-corrected chi connectivity index (χ1v) is 8.64. The van der Waals surface area contributed by atoms with Gasteiger partial charge in [-0.3, -0.25) is 0 Å². The summed E-state index contributed by atoms with van der Waals surface area (Å²) in [6, 6.07) is 9.83. The molecule has 0 bridgehead atoms. The van der Waals surface area contributed by atoms with Crippen molar-refractivity contribution in [3.8, 4) is 11.5 Å². The first kappa shape index (κ1) is 19.2. The van der Waals surface area contributed by atoms with Crippen LogP contribution < -0.4 is 10.4 Å². The molecule has 1 aromatic heterocycles. The average Bonchev–Trinajstić information content (AvgIpc) is 2.68. The summed E-state index contributed by atoms with van der Waals surface area (Å²) in [6.45, 7) is 3.77. The van der Waals surface area contributed by atoms with E-state index >= 15 is 0 Å². The molecule has 0 saturated heterocycles. The number of carbonyl (C=O) groups is 1. The number of benzene rings is 2. The summed E-state index contributed by atoms with van der Waals surface area (Å²) < 4.78 is 15.6. The number of hydrogen-bond acceptors (Lipinski definition) is 6. The van der Waals surface area contributed by atoms with Gasteiger partial charge in [0, 0.05) is 23.1 Å². The van der Waals surface area contributed by atoms with Crippen LogP contribution in [0.5, 0.6) is 11.5 Å². The van der Waals surface area contributed by atoms with Crippen LogP contribution in [0.2, 0.25) is 0 Å². The lowest BCUT2D eigenvalue weighted by molar-refractivity contribution is -0.138. The van der Waals surface area contributed by atoms with Gasteiger partial charge >= 0.3 is 11.6 Å². The van der Waals surface area contributed by atoms with Gasteiger partial charge in [-0.15, -0.1) is 0 Å². The molecule has 144 valence electrons. The van der Waals surface area contributed by atoms with E-state index in [4.69, 9.17) is 13.9 Å². The highest BCUT2D eigenvalue weighted by Gasteiger charge is 2.11. The average molecular weight is 380 g/mol. The van der Waals surface area contributed by atoms with Crippen molar-refractivity contribution in [3.63, 3.8) is 0 Å². The van der Waals surface area contributed by atoms with Crippen LogP contribution in [0.3, 0.4) is 0 Å². The van der Waals surface area contributed by atoms with E-state index < -0.39 is 11.6 Å². The third-order valence-electron chi connectivity index (χ3n) is 4.50. The van der Waals surface area contributed by atoms with Gasteiger partial charge in [-0.25, -0.2) is 9.59 Å². The van der Waals surface area contributed by atoms with Crippen molar-refractivity contribution in [1.29, 1.82) is 0 Å². The van der Waals surface area contributed by atoms with Gasteiger partial charge < -0.3 is 19.0 Å². The minimum Gasteiger partial charge on any atom is -0.504 e. The molecule has 0 aliphatic rings. The second-order valence-electron chi connectivity index (χ2n) is 6.35. The Labute approximate surface area is 161 Å². The third-order valence-corrected chi connectivity index (χ3v) is 4.50. The second kappa shape index (κ2) is 8.00. The molecule has 3 aromatic rings. The van der Waals surface area contributed by atoms with Gasteiger partial charge in [-0.2, -0.15) is 0 Å². The zero-order valence-electron chi connectivity index (χ0n) is 15.8. The third kappa shape index (κ3) is 4.06. The highest BCUT2D eigenvalue weighted by Crippen LogP contribution is 2.27. The van der Waals surface area contributed by atoms with Crippen molar-refractivity contribution in [2.45, 2.75) is 20.5 Å². The van der Waals surface area contributed by atoms with Crippen LogP contribution in [-0.4, -0.2) is 18.2 Å². The summed E-state index contributed by atoms with van der Waals surface area (Å²) in [5.74, 6) is -0.233. The summed E-state index contributed by atoms with van der Waals surface area (Å²) in [7, 11) is 1.45. The van der Waals surface area contributed by atoms with Gasteiger partial charge in [-0.1, -0.05) is 18.2 Å². The van der Waals surface area contributed by atoms with Gasteiger partial charge in [0.1, 0.15) is 12.2 Å². The Balaban J connectivity index is 1.76. The van der Waals surface area contributed by atoms with Gasteiger partial charge in [0.05, 0.1) is 7.11 Å². The van der Waals surface area contributed by atoms with E-state index in [0.29, 0.717) is 22.5 Å². The molecule has 3 rings (SSSR count). The predicted molar refractivity (Wildman–Crippen MR) is 105 cm³/mol. The monoisotopic (exact) mass is 380 g/mol. The molecular formula is C22H20O6. The number of esters is 1. The number of carbonyl (C=O) groups excluding carboxylic acids is 1. The number of ether oxygens (including phenoxy) is 2. The Morgan fingerprint density at radius 2 is 1.96 bits per heavy atom. The highest BCUT2D eigenvalue weighted by molar-refractivity contribution is 5.88. The Morgan fingerprint density at radius 1 is 1.18 bits per heavy atom. The molecule has 0 unspecified atom stereocenters. The molecule has 0 amide bonds.